The smallest absolute Gasteiger partial charge is 0.219 e. The van der Waals surface area contributed by atoms with E-state index in [1.165, 1.54) is 0 Å². The van der Waals surface area contributed by atoms with Crippen molar-refractivity contribution in [2.75, 3.05) is 13.2 Å². The summed E-state index contributed by atoms with van der Waals surface area (Å²) in [7, 11) is 0. The third kappa shape index (κ3) is 8.52. The lowest BCUT2D eigenvalue weighted by Gasteiger charge is -2.35. The summed E-state index contributed by atoms with van der Waals surface area (Å²) in [6, 6.07) is 0. The van der Waals surface area contributed by atoms with E-state index in [9.17, 15) is 9.59 Å². The number of hydrogen-bond donors (Lipinski definition) is 2. The maximum atomic E-state index is 11.4. The Morgan fingerprint density at radius 2 is 1.72 bits per heavy atom. The van der Waals surface area contributed by atoms with Crippen LogP contribution in [0.25, 0.3) is 0 Å². The average molecular weight is 355 g/mol. The molecule has 5 nitrogen and oxygen atoms in total. The van der Waals surface area contributed by atoms with Crippen LogP contribution in [-0.4, -0.2) is 36.6 Å². The van der Waals surface area contributed by atoms with Crippen LogP contribution in [0, 0.1) is 0 Å². The van der Waals surface area contributed by atoms with E-state index in [-0.39, 0.29) is 17.0 Å². The monoisotopic (exact) mass is 354 g/mol. The third-order valence-corrected chi connectivity index (χ3v) is 5.12. The van der Waals surface area contributed by atoms with E-state index < -0.39 is 0 Å². The highest BCUT2D eigenvalue weighted by atomic mass is 16.5. The number of nitrogens with one attached hydrogen (secondary N) is 2. The van der Waals surface area contributed by atoms with Gasteiger partial charge in [0.25, 0.3) is 0 Å². The van der Waals surface area contributed by atoms with Crippen molar-refractivity contribution in [1.29, 1.82) is 0 Å². The lowest BCUT2D eigenvalue weighted by molar-refractivity contribution is -0.121. The zero-order valence-electron chi connectivity index (χ0n) is 16.8. The molecule has 0 aromatic carbocycles. The minimum Gasteiger partial charge on any atom is -0.375 e. The van der Waals surface area contributed by atoms with Gasteiger partial charge < -0.3 is 15.4 Å². The minimum atomic E-state index is -0.346. The van der Waals surface area contributed by atoms with Crippen molar-refractivity contribution in [1.82, 2.24) is 10.6 Å². The van der Waals surface area contributed by atoms with E-state index in [4.69, 9.17) is 4.74 Å². The Hall–Kier alpha value is -1.36. The van der Waals surface area contributed by atoms with Gasteiger partial charge in [-0.2, -0.15) is 0 Å². The maximum Gasteiger partial charge on any atom is 0.219 e. The molecule has 146 valence electrons. The highest BCUT2D eigenvalue weighted by Gasteiger charge is 2.29. The van der Waals surface area contributed by atoms with Gasteiger partial charge >= 0.3 is 0 Å². The topological polar surface area (TPSA) is 67.4 Å². The van der Waals surface area contributed by atoms with Gasteiger partial charge in [-0.15, -0.1) is 0 Å². The van der Waals surface area contributed by atoms with Gasteiger partial charge in [-0.05, 0) is 38.5 Å². The SMILES string of the molecule is CCC=CC(CC)(CCOC(CC)(CC)CCNC(=O)CC)NC=O. The molecule has 25 heavy (non-hydrogen) atoms. The lowest BCUT2D eigenvalue weighted by atomic mass is 9.90. The normalized spacial score (nSPS) is 14.3. The van der Waals surface area contributed by atoms with Crippen LogP contribution < -0.4 is 10.6 Å². The van der Waals surface area contributed by atoms with E-state index >= 15 is 0 Å². The Labute approximate surface area is 154 Å². The molecule has 1 atom stereocenters. The zero-order chi connectivity index (χ0) is 19.2. The lowest BCUT2D eigenvalue weighted by Crippen LogP contribution is -2.44. The summed E-state index contributed by atoms with van der Waals surface area (Å²) >= 11 is 0. The molecule has 0 aromatic heterocycles. The van der Waals surface area contributed by atoms with Crippen molar-refractivity contribution in [3.8, 4) is 0 Å². The van der Waals surface area contributed by atoms with Gasteiger partial charge in [0.05, 0.1) is 11.1 Å². The first-order chi connectivity index (χ1) is 12.0. The number of allylic oxidation sites excluding steroid dienone is 1. The Kier molecular flexibility index (Phi) is 12.2. The van der Waals surface area contributed by atoms with Crippen LogP contribution in [-0.2, 0) is 14.3 Å². The predicted molar refractivity (Wildman–Crippen MR) is 103 cm³/mol. The molecule has 1 unspecified atom stereocenters. The quantitative estimate of drug-likeness (QED) is 0.348. The fourth-order valence-corrected chi connectivity index (χ4v) is 2.95. The van der Waals surface area contributed by atoms with Crippen molar-refractivity contribution in [2.45, 2.75) is 90.7 Å². The summed E-state index contributed by atoms with van der Waals surface area (Å²) in [5, 5.41) is 5.90. The molecule has 0 heterocycles. The number of ether oxygens (including phenoxy) is 1. The van der Waals surface area contributed by atoms with Crippen LogP contribution in [0.15, 0.2) is 12.2 Å². The minimum absolute atomic E-state index is 0.0750. The number of amides is 2. The van der Waals surface area contributed by atoms with Gasteiger partial charge in [-0.1, -0.05) is 46.8 Å². The molecule has 0 aromatic rings. The Morgan fingerprint density at radius 3 is 2.20 bits per heavy atom. The summed E-state index contributed by atoms with van der Waals surface area (Å²) in [6.07, 6.45) is 10.6. The molecule has 2 N–H and O–H groups in total. The van der Waals surface area contributed by atoms with E-state index in [1.807, 2.05) is 6.92 Å². The highest BCUT2D eigenvalue weighted by molar-refractivity contribution is 5.75. The van der Waals surface area contributed by atoms with Crippen LogP contribution in [0.5, 0.6) is 0 Å². The standard InChI is InChI=1S/C20H38N2O3/c1-6-11-12-19(8-3,22-17-23)14-16-25-20(9-4,10-5)13-15-21-18(24)7-2/h11-12,17H,6-10,13-16H2,1-5H3,(H,21,24)(H,22,23). The second-order valence-corrected chi connectivity index (χ2v) is 6.52. The molecular weight excluding hydrogens is 316 g/mol. The summed E-state index contributed by atoms with van der Waals surface area (Å²) in [5.41, 5.74) is -0.572. The summed E-state index contributed by atoms with van der Waals surface area (Å²) in [4.78, 5) is 22.5. The molecule has 0 saturated carbocycles. The first kappa shape index (κ1) is 23.6. The molecule has 0 spiro atoms. The van der Waals surface area contributed by atoms with Crippen molar-refractivity contribution >= 4 is 12.3 Å². The van der Waals surface area contributed by atoms with E-state index in [0.29, 0.717) is 19.6 Å². The molecule has 0 aliphatic carbocycles. The zero-order valence-corrected chi connectivity index (χ0v) is 16.8. The van der Waals surface area contributed by atoms with Crippen LogP contribution in [0.2, 0.25) is 0 Å². The van der Waals surface area contributed by atoms with Crippen molar-refractivity contribution in [2.24, 2.45) is 0 Å². The summed E-state index contributed by atoms with van der Waals surface area (Å²) in [5.74, 6) is 0.0750. The van der Waals surface area contributed by atoms with Gasteiger partial charge in [-0.25, -0.2) is 0 Å². The second-order valence-electron chi connectivity index (χ2n) is 6.52. The van der Waals surface area contributed by atoms with Crippen LogP contribution in [0.3, 0.4) is 0 Å². The average Bonchev–Trinajstić information content (AvgIpc) is 2.64. The van der Waals surface area contributed by atoms with Gasteiger partial charge in [-0.3, -0.25) is 9.59 Å². The predicted octanol–water partition coefficient (Wildman–Crippen LogP) is 3.73. The number of rotatable bonds is 15. The maximum absolute atomic E-state index is 11.4. The van der Waals surface area contributed by atoms with Gasteiger partial charge in [0, 0.05) is 19.6 Å². The largest absolute Gasteiger partial charge is 0.375 e. The van der Waals surface area contributed by atoms with Gasteiger partial charge in [0.15, 0.2) is 0 Å². The first-order valence-electron chi connectivity index (χ1n) is 9.76. The van der Waals surface area contributed by atoms with Gasteiger partial charge in [0.1, 0.15) is 0 Å². The van der Waals surface area contributed by atoms with Gasteiger partial charge in [0.2, 0.25) is 12.3 Å². The molecule has 0 aliphatic heterocycles. The number of carbonyl (C=O) groups is 2. The Morgan fingerprint density at radius 1 is 1.04 bits per heavy atom. The fraction of sp³-hybridized carbons (Fsp3) is 0.800. The summed E-state index contributed by atoms with van der Waals surface area (Å²) < 4.78 is 6.29. The molecule has 0 aliphatic rings. The Bertz CT molecular complexity index is 406. The van der Waals surface area contributed by atoms with E-state index in [1.54, 1.807) is 0 Å². The fourth-order valence-electron chi connectivity index (χ4n) is 2.95. The molecule has 0 bridgehead atoms. The van der Waals surface area contributed by atoms with Crippen LogP contribution >= 0.6 is 0 Å². The van der Waals surface area contributed by atoms with Crippen molar-refractivity contribution in [3.63, 3.8) is 0 Å². The van der Waals surface area contributed by atoms with E-state index in [0.717, 1.165) is 44.9 Å². The first-order valence-corrected chi connectivity index (χ1v) is 9.76. The molecule has 0 radical (unpaired) electrons. The second kappa shape index (κ2) is 12.9. The molecule has 2 amide bonds. The van der Waals surface area contributed by atoms with Crippen molar-refractivity contribution < 1.29 is 14.3 Å². The highest BCUT2D eigenvalue weighted by Crippen LogP contribution is 2.26. The molecule has 0 fully saturated rings. The molecule has 5 heteroatoms. The number of hydrogen-bond acceptors (Lipinski definition) is 3. The molecule has 0 saturated heterocycles. The van der Waals surface area contributed by atoms with Crippen LogP contribution in [0.4, 0.5) is 0 Å². The van der Waals surface area contributed by atoms with E-state index in [2.05, 4.69) is 50.5 Å². The summed E-state index contributed by atoms with van der Waals surface area (Å²) in [6.45, 7) is 11.5. The Balaban J connectivity index is 4.77. The molecular formula is C20H38N2O3. The van der Waals surface area contributed by atoms with Crippen molar-refractivity contribution in [3.05, 3.63) is 12.2 Å². The number of carbonyl (C=O) groups excluding carboxylic acids is 2. The molecule has 0 rings (SSSR count). The third-order valence-electron chi connectivity index (χ3n) is 5.12. The van der Waals surface area contributed by atoms with Crippen LogP contribution in [0.1, 0.15) is 79.6 Å².